The van der Waals surface area contributed by atoms with Crippen LogP contribution in [0.4, 0.5) is 0 Å². The summed E-state index contributed by atoms with van der Waals surface area (Å²) in [6.45, 7) is 11.7. The Balaban J connectivity index is 1.02. The molecule has 2 amide bonds. The van der Waals surface area contributed by atoms with Gasteiger partial charge in [-0.05, 0) is 78.8 Å². The van der Waals surface area contributed by atoms with E-state index >= 15 is 0 Å². The number of aliphatic imine (C=N–C) groups is 1. The van der Waals surface area contributed by atoms with E-state index in [1.165, 1.54) is 19.9 Å². The lowest BCUT2D eigenvalue weighted by Crippen LogP contribution is -2.40. The molecule has 4 aromatic rings. The SMILES string of the molecule is COO/C=N\[C@H](C(=O)N1CCC[C@H]1c1ncc(-c2ccc(C#Cc3ccc4nc([C@@H]5[C@H]6C[C@H]6CN5C(=O)[C@@H](C)C(C)C)[nH]c4c3)cc2)[nH]1)C(C)C. The third-order valence-electron chi connectivity index (χ3n) is 10.8. The van der Waals surface area contributed by atoms with Gasteiger partial charge in [0.25, 0.3) is 0 Å². The number of nitrogens with one attached hydrogen (secondary N) is 2. The van der Waals surface area contributed by atoms with Crippen molar-refractivity contribution < 1.29 is 19.4 Å². The second kappa shape index (κ2) is 14.3. The number of amides is 2. The monoisotopic (exact) mass is 689 g/mol. The van der Waals surface area contributed by atoms with E-state index in [1.54, 1.807) is 0 Å². The van der Waals surface area contributed by atoms with E-state index in [9.17, 15) is 9.59 Å². The highest BCUT2D eigenvalue weighted by Crippen LogP contribution is 2.56. The lowest BCUT2D eigenvalue weighted by atomic mass is 9.96. The van der Waals surface area contributed by atoms with E-state index in [0.29, 0.717) is 24.3 Å². The van der Waals surface area contributed by atoms with Gasteiger partial charge in [-0.25, -0.2) is 15.0 Å². The number of carbonyl (C=O) groups is 2. The van der Waals surface area contributed by atoms with Gasteiger partial charge < -0.3 is 24.7 Å². The Labute approximate surface area is 299 Å². The van der Waals surface area contributed by atoms with Crippen molar-refractivity contribution in [1.29, 1.82) is 0 Å². The topological polar surface area (TPSA) is 129 Å². The summed E-state index contributed by atoms with van der Waals surface area (Å²) >= 11 is 0. The summed E-state index contributed by atoms with van der Waals surface area (Å²) in [6, 6.07) is 13.4. The van der Waals surface area contributed by atoms with Gasteiger partial charge in [0.1, 0.15) is 17.7 Å². The van der Waals surface area contributed by atoms with E-state index in [0.717, 1.165) is 64.5 Å². The summed E-state index contributed by atoms with van der Waals surface area (Å²) < 4.78 is 0. The maximum absolute atomic E-state index is 13.5. The highest BCUT2D eigenvalue weighted by atomic mass is 17.2. The number of piperidine rings is 1. The maximum atomic E-state index is 13.5. The van der Waals surface area contributed by atoms with Crippen LogP contribution >= 0.6 is 0 Å². The fourth-order valence-corrected chi connectivity index (χ4v) is 7.51. The molecule has 3 fully saturated rings. The zero-order valence-electron chi connectivity index (χ0n) is 30.2. The van der Waals surface area contributed by atoms with Crippen LogP contribution < -0.4 is 0 Å². The largest absolute Gasteiger partial charge is 0.340 e. The number of H-pyrrole nitrogens is 2. The molecule has 1 aliphatic carbocycles. The number of carbonyl (C=O) groups excluding carboxylic acids is 2. The van der Waals surface area contributed by atoms with Crippen LogP contribution in [0.5, 0.6) is 0 Å². The molecule has 6 atom stereocenters. The van der Waals surface area contributed by atoms with Crippen molar-refractivity contribution in [2.45, 2.75) is 72.0 Å². The molecule has 11 heteroatoms. The summed E-state index contributed by atoms with van der Waals surface area (Å²) in [5.41, 5.74) is 5.49. The van der Waals surface area contributed by atoms with Crippen molar-refractivity contribution in [3.05, 3.63) is 71.4 Å². The molecule has 0 spiro atoms. The number of nitrogens with zero attached hydrogens (tertiary/aromatic N) is 5. The van der Waals surface area contributed by atoms with Gasteiger partial charge in [-0.15, -0.1) is 0 Å². The van der Waals surface area contributed by atoms with Crippen LogP contribution in [0.1, 0.15) is 88.7 Å². The Hall–Kier alpha value is -4.95. The average Bonchev–Trinajstić information content (AvgIpc) is 3.62. The zero-order valence-corrected chi connectivity index (χ0v) is 30.2. The van der Waals surface area contributed by atoms with Crippen LogP contribution in [0.25, 0.3) is 22.3 Å². The van der Waals surface area contributed by atoms with E-state index < -0.39 is 6.04 Å². The Kier molecular flexibility index (Phi) is 9.71. The highest BCUT2D eigenvalue weighted by molar-refractivity contribution is 5.84. The minimum Gasteiger partial charge on any atom is -0.340 e. The predicted octanol–water partition coefficient (Wildman–Crippen LogP) is 6.46. The van der Waals surface area contributed by atoms with Gasteiger partial charge in [0, 0.05) is 30.1 Å². The highest BCUT2D eigenvalue weighted by Gasteiger charge is 2.56. The first-order chi connectivity index (χ1) is 24.6. The maximum Gasteiger partial charge on any atom is 0.248 e. The summed E-state index contributed by atoms with van der Waals surface area (Å²) in [5, 5.41) is 0. The standard InChI is InChI=1S/C40H47N7O4/c1-23(2)25(5)39(48)47-21-29-19-30(29)36(47)38-43-31-16-13-27(18-32(31)44-38)10-9-26-11-14-28(15-12-26)33-20-41-37(45-33)34-8-7-17-46(34)40(49)35(24(3)4)42-22-51-50-6/h11-16,18,20,22-25,29-30,34-36H,7-8,17,19,21H2,1-6H3,(H,41,45)(H,43,44)/b42-22-/t25-,29-,30-,34-,35-,36-/m0/s1. The number of imidazole rings is 2. The predicted molar refractivity (Wildman–Crippen MR) is 195 cm³/mol. The summed E-state index contributed by atoms with van der Waals surface area (Å²) in [5.74, 6) is 9.83. The van der Waals surface area contributed by atoms with Crippen molar-refractivity contribution >= 4 is 29.2 Å². The van der Waals surface area contributed by atoms with Gasteiger partial charge in [0.15, 0.2) is 0 Å². The molecular formula is C40H47N7O4. The fourth-order valence-electron chi connectivity index (χ4n) is 7.51. The van der Waals surface area contributed by atoms with Crippen molar-refractivity contribution in [1.82, 2.24) is 29.7 Å². The van der Waals surface area contributed by atoms with Crippen LogP contribution in [-0.4, -0.2) is 74.2 Å². The molecule has 3 aliphatic rings. The first kappa shape index (κ1) is 34.5. The molecule has 51 heavy (non-hydrogen) atoms. The molecule has 266 valence electrons. The quantitative estimate of drug-likeness (QED) is 0.0647. The van der Waals surface area contributed by atoms with Crippen molar-refractivity contribution in [2.24, 2.45) is 34.6 Å². The van der Waals surface area contributed by atoms with Crippen LogP contribution in [0.3, 0.4) is 0 Å². The molecule has 2 aromatic heterocycles. The molecule has 2 saturated heterocycles. The second-order valence-corrected chi connectivity index (χ2v) is 14.9. The van der Waals surface area contributed by atoms with E-state index in [2.05, 4.69) is 55.4 Å². The molecule has 0 unspecified atom stereocenters. The van der Waals surface area contributed by atoms with Crippen molar-refractivity contribution in [2.75, 3.05) is 20.2 Å². The summed E-state index contributed by atoms with van der Waals surface area (Å²) in [4.78, 5) is 61.1. The zero-order chi connectivity index (χ0) is 35.8. The number of likely N-dealkylation sites (tertiary alicyclic amines) is 2. The normalized spacial score (nSPS) is 22.4. The van der Waals surface area contributed by atoms with E-state index in [-0.39, 0.29) is 35.7 Å². The number of fused-ring (bicyclic) bond motifs is 2. The number of aromatic amines is 2. The van der Waals surface area contributed by atoms with Crippen LogP contribution in [-0.2, 0) is 19.4 Å². The molecule has 2 aliphatic heterocycles. The third-order valence-corrected chi connectivity index (χ3v) is 10.8. The van der Waals surface area contributed by atoms with Gasteiger partial charge in [-0.1, -0.05) is 58.6 Å². The molecule has 4 heterocycles. The van der Waals surface area contributed by atoms with Gasteiger partial charge in [0.05, 0.1) is 42.1 Å². The Bertz CT molecular complexity index is 1980. The van der Waals surface area contributed by atoms with Gasteiger partial charge in [-0.3, -0.25) is 9.59 Å². The lowest BCUT2D eigenvalue weighted by Gasteiger charge is -2.30. The first-order valence-corrected chi connectivity index (χ1v) is 18.1. The smallest absolute Gasteiger partial charge is 0.248 e. The van der Waals surface area contributed by atoms with E-state index in [4.69, 9.17) is 9.87 Å². The van der Waals surface area contributed by atoms with Gasteiger partial charge in [0.2, 0.25) is 18.2 Å². The minimum atomic E-state index is -0.564. The fraction of sp³-hybridized carbons (Fsp3) is 0.475. The minimum absolute atomic E-state index is 0.000337. The van der Waals surface area contributed by atoms with Crippen molar-refractivity contribution in [3.8, 4) is 23.1 Å². The van der Waals surface area contributed by atoms with Gasteiger partial charge >= 0.3 is 0 Å². The number of hydrogen-bond donors (Lipinski definition) is 2. The second-order valence-electron chi connectivity index (χ2n) is 14.9. The summed E-state index contributed by atoms with van der Waals surface area (Å²) in [7, 11) is 1.40. The van der Waals surface area contributed by atoms with Crippen LogP contribution in [0, 0.1) is 41.4 Å². The van der Waals surface area contributed by atoms with Crippen molar-refractivity contribution in [3.63, 3.8) is 0 Å². The molecular weight excluding hydrogens is 642 g/mol. The Morgan fingerprint density at radius 1 is 0.961 bits per heavy atom. The van der Waals surface area contributed by atoms with Crippen LogP contribution in [0.15, 0.2) is 53.7 Å². The summed E-state index contributed by atoms with van der Waals surface area (Å²) in [6.07, 6.45) is 5.91. The first-order valence-electron chi connectivity index (χ1n) is 18.1. The molecule has 2 aromatic carbocycles. The number of aromatic nitrogens is 4. The molecule has 0 radical (unpaired) electrons. The number of rotatable bonds is 10. The number of hydrogen-bond acceptors (Lipinski definition) is 7. The molecule has 11 nitrogen and oxygen atoms in total. The Morgan fingerprint density at radius 3 is 2.47 bits per heavy atom. The van der Waals surface area contributed by atoms with Gasteiger partial charge in [-0.2, -0.15) is 4.89 Å². The molecule has 0 bridgehead atoms. The average molecular weight is 690 g/mol. The van der Waals surface area contributed by atoms with Crippen LogP contribution in [0.2, 0.25) is 0 Å². The lowest BCUT2D eigenvalue weighted by molar-refractivity contribution is -0.188. The third kappa shape index (κ3) is 7.02. The van der Waals surface area contributed by atoms with E-state index in [1.807, 2.05) is 74.3 Å². The molecule has 7 rings (SSSR count). The molecule has 2 N–H and O–H groups in total. The molecule has 1 saturated carbocycles. The Morgan fingerprint density at radius 2 is 1.73 bits per heavy atom. The number of benzene rings is 2.